The molecule has 0 amide bonds. The maximum atomic E-state index is 12.7. The van der Waals surface area contributed by atoms with Crippen LogP contribution in [0.3, 0.4) is 0 Å². The molecule has 128 valence electrons. The Balaban J connectivity index is 2.06. The van der Waals surface area contributed by atoms with Crippen molar-refractivity contribution in [2.75, 3.05) is 6.61 Å². The van der Waals surface area contributed by atoms with Crippen LogP contribution in [0.4, 0.5) is 13.2 Å². The molecule has 2 N–H and O–H groups in total. The van der Waals surface area contributed by atoms with Crippen LogP contribution < -0.4 is 5.73 Å². The van der Waals surface area contributed by atoms with Gasteiger partial charge in [-0.1, -0.05) is 18.7 Å². The Morgan fingerprint density at radius 3 is 2.48 bits per heavy atom. The average molecular weight is 327 g/mol. The normalized spacial score (nSPS) is 25.2. The van der Waals surface area contributed by atoms with Crippen LogP contribution in [0.2, 0.25) is 0 Å². The summed E-state index contributed by atoms with van der Waals surface area (Å²) in [7, 11) is 0. The van der Waals surface area contributed by atoms with E-state index in [1.807, 2.05) is 6.92 Å². The molecule has 0 radical (unpaired) electrons. The number of ether oxygens (including phenoxy) is 1. The first-order valence-electron chi connectivity index (χ1n) is 8.04. The predicted molar refractivity (Wildman–Crippen MR) is 84.9 cm³/mol. The summed E-state index contributed by atoms with van der Waals surface area (Å²) in [6.45, 7) is 6.44. The topological polar surface area (TPSA) is 35.2 Å². The zero-order chi connectivity index (χ0) is 17.0. The lowest BCUT2D eigenvalue weighted by Crippen LogP contribution is -2.34. The van der Waals surface area contributed by atoms with E-state index in [1.165, 1.54) is 0 Å². The fourth-order valence-corrected chi connectivity index (χ4v) is 3.35. The molecule has 0 spiro atoms. The second-order valence-electron chi connectivity index (χ2n) is 6.25. The standard InChI is InChI=1S/C18H24F3NO/c1-3-23-12(2)10-13-4-9-17(22)16(11-13)14-5-7-15(8-6-14)18(19,20)21/h5-8,13,16-17H,2-4,9-11,22H2,1H3. The predicted octanol–water partition coefficient (Wildman–Crippen LogP) is 4.86. The van der Waals surface area contributed by atoms with Crippen molar-refractivity contribution < 1.29 is 17.9 Å². The lowest BCUT2D eigenvalue weighted by Gasteiger charge is -2.34. The van der Waals surface area contributed by atoms with Gasteiger partial charge in [-0.3, -0.25) is 0 Å². The SMILES string of the molecule is C=C(CC1CCC(N)C(c2ccc(C(F)(F)F)cc2)C1)OCC. The van der Waals surface area contributed by atoms with Gasteiger partial charge in [0.05, 0.1) is 17.9 Å². The maximum Gasteiger partial charge on any atom is 0.416 e. The largest absolute Gasteiger partial charge is 0.499 e. The molecule has 0 saturated heterocycles. The highest BCUT2D eigenvalue weighted by Gasteiger charge is 2.32. The van der Waals surface area contributed by atoms with Gasteiger partial charge < -0.3 is 10.5 Å². The zero-order valence-electron chi connectivity index (χ0n) is 13.4. The van der Waals surface area contributed by atoms with E-state index in [2.05, 4.69) is 6.58 Å². The second kappa shape index (κ2) is 7.39. The Hall–Kier alpha value is -1.49. The molecule has 1 aliphatic rings. The van der Waals surface area contributed by atoms with Crippen molar-refractivity contribution >= 4 is 0 Å². The van der Waals surface area contributed by atoms with Crippen molar-refractivity contribution in [1.82, 2.24) is 0 Å². The summed E-state index contributed by atoms with van der Waals surface area (Å²) in [5.41, 5.74) is 6.48. The summed E-state index contributed by atoms with van der Waals surface area (Å²) in [4.78, 5) is 0. The number of halogens is 3. The van der Waals surface area contributed by atoms with Crippen LogP contribution in [0.1, 0.15) is 49.7 Å². The minimum absolute atomic E-state index is 0.0108. The maximum absolute atomic E-state index is 12.7. The van der Waals surface area contributed by atoms with E-state index in [4.69, 9.17) is 10.5 Å². The van der Waals surface area contributed by atoms with Crippen molar-refractivity contribution in [3.63, 3.8) is 0 Å². The van der Waals surface area contributed by atoms with Crippen molar-refractivity contribution in [2.45, 2.75) is 50.7 Å². The zero-order valence-corrected chi connectivity index (χ0v) is 13.4. The lowest BCUT2D eigenvalue weighted by molar-refractivity contribution is -0.137. The molecule has 0 aliphatic heterocycles. The van der Waals surface area contributed by atoms with Gasteiger partial charge in [0, 0.05) is 12.5 Å². The van der Waals surface area contributed by atoms with Crippen LogP contribution in [-0.4, -0.2) is 12.6 Å². The fourth-order valence-electron chi connectivity index (χ4n) is 3.35. The number of hydrogen-bond donors (Lipinski definition) is 1. The molecule has 0 heterocycles. The van der Waals surface area contributed by atoms with Gasteiger partial charge in [-0.05, 0) is 55.7 Å². The van der Waals surface area contributed by atoms with Crippen LogP contribution >= 0.6 is 0 Å². The highest BCUT2D eigenvalue weighted by molar-refractivity contribution is 5.28. The summed E-state index contributed by atoms with van der Waals surface area (Å²) in [6, 6.07) is 5.40. The van der Waals surface area contributed by atoms with E-state index in [9.17, 15) is 13.2 Å². The van der Waals surface area contributed by atoms with Gasteiger partial charge in [-0.2, -0.15) is 13.2 Å². The van der Waals surface area contributed by atoms with Crippen LogP contribution in [0, 0.1) is 5.92 Å². The Morgan fingerprint density at radius 1 is 1.26 bits per heavy atom. The van der Waals surface area contributed by atoms with E-state index in [-0.39, 0.29) is 12.0 Å². The van der Waals surface area contributed by atoms with Crippen molar-refractivity contribution in [3.05, 3.63) is 47.7 Å². The molecular formula is C18H24F3NO. The van der Waals surface area contributed by atoms with Gasteiger partial charge in [-0.25, -0.2) is 0 Å². The molecule has 1 aliphatic carbocycles. The molecule has 2 nitrogen and oxygen atoms in total. The van der Waals surface area contributed by atoms with Crippen LogP contribution in [-0.2, 0) is 10.9 Å². The fraction of sp³-hybridized carbons (Fsp3) is 0.556. The first kappa shape index (κ1) is 17.9. The number of hydrogen-bond acceptors (Lipinski definition) is 2. The Bertz CT molecular complexity index is 524. The quantitative estimate of drug-likeness (QED) is 0.784. The van der Waals surface area contributed by atoms with E-state index < -0.39 is 11.7 Å². The van der Waals surface area contributed by atoms with Gasteiger partial charge >= 0.3 is 6.18 Å². The third kappa shape index (κ3) is 4.74. The number of benzene rings is 1. The highest BCUT2D eigenvalue weighted by Crippen LogP contribution is 2.39. The highest BCUT2D eigenvalue weighted by atomic mass is 19.4. The molecule has 1 saturated carbocycles. The molecule has 3 atom stereocenters. The van der Waals surface area contributed by atoms with Gasteiger partial charge in [0.15, 0.2) is 0 Å². The molecule has 1 aromatic rings. The minimum Gasteiger partial charge on any atom is -0.499 e. The second-order valence-corrected chi connectivity index (χ2v) is 6.25. The number of allylic oxidation sites excluding steroid dienone is 1. The third-order valence-electron chi connectivity index (χ3n) is 4.54. The van der Waals surface area contributed by atoms with Crippen LogP contribution in [0.15, 0.2) is 36.6 Å². The Kier molecular flexibility index (Phi) is 5.74. The van der Waals surface area contributed by atoms with E-state index >= 15 is 0 Å². The van der Waals surface area contributed by atoms with Gasteiger partial charge in [0.2, 0.25) is 0 Å². The van der Waals surface area contributed by atoms with Crippen molar-refractivity contribution in [1.29, 1.82) is 0 Å². The molecule has 3 unspecified atom stereocenters. The van der Waals surface area contributed by atoms with Gasteiger partial charge in [0.1, 0.15) is 0 Å². The van der Waals surface area contributed by atoms with Gasteiger partial charge in [-0.15, -0.1) is 0 Å². The van der Waals surface area contributed by atoms with Crippen molar-refractivity contribution in [3.8, 4) is 0 Å². The first-order chi connectivity index (χ1) is 10.8. The summed E-state index contributed by atoms with van der Waals surface area (Å²) in [6.07, 6.45) is -0.776. The molecular weight excluding hydrogens is 303 g/mol. The van der Waals surface area contributed by atoms with Crippen LogP contribution in [0.5, 0.6) is 0 Å². The number of nitrogens with two attached hydrogens (primary N) is 1. The van der Waals surface area contributed by atoms with Gasteiger partial charge in [0.25, 0.3) is 0 Å². The molecule has 1 fully saturated rings. The summed E-state index contributed by atoms with van der Waals surface area (Å²) >= 11 is 0. The summed E-state index contributed by atoms with van der Waals surface area (Å²) in [5, 5.41) is 0. The average Bonchev–Trinajstić information content (AvgIpc) is 2.49. The third-order valence-corrected chi connectivity index (χ3v) is 4.54. The summed E-state index contributed by atoms with van der Waals surface area (Å²) in [5.74, 6) is 1.28. The molecule has 0 bridgehead atoms. The minimum atomic E-state index is -4.30. The lowest BCUT2D eigenvalue weighted by atomic mass is 9.74. The molecule has 23 heavy (non-hydrogen) atoms. The summed E-state index contributed by atoms with van der Waals surface area (Å²) < 4.78 is 43.4. The molecule has 2 rings (SSSR count). The molecule has 1 aromatic carbocycles. The van der Waals surface area contributed by atoms with Crippen molar-refractivity contribution in [2.24, 2.45) is 11.7 Å². The van der Waals surface area contributed by atoms with E-state index in [0.29, 0.717) is 12.5 Å². The first-order valence-corrected chi connectivity index (χ1v) is 8.04. The monoisotopic (exact) mass is 327 g/mol. The molecule has 0 aromatic heterocycles. The molecule has 5 heteroatoms. The Labute approximate surface area is 135 Å². The van der Waals surface area contributed by atoms with Crippen LogP contribution in [0.25, 0.3) is 0 Å². The Morgan fingerprint density at radius 2 is 1.91 bits per heavy atom. The van der Waals surface area contributed by atoms with E-state index in [1.54, 1.807) is 12.1 Å². The number of alkyl halides is 3. The number of rotatable bonds is 5. The smallest absolute Gasteiger partial charge is 0.416 e. The van der Waals surface area contributed by atoms with E-state index in [0.717, 1.165) is 49.1 Å².